The highest BCUT2D eigenvalue weighted by molar-refractivity contribution is 7.15. The first-order valence-corrected chi connectivity index (χ1v) is 7.06. The minimum Gasteiger partial charge on any atom is -0.375 e. The number of fused-ring (bicyclic) bond motifs is 1. The summed E-state index contributed by atoms with van der Waals surface area (Å²) in [6.07, 6.45) is 0.792. The molecule has 3 rings (SSSR count). The zero-order valence-corrected chi connectivity index (χ0v) is 11.5. The Hall–Kier alpha value is -1.88. The number of nitrogens with two attached hydrogens (primary N) is 1. The van der Waals surface area contributed by atoms with Crippen LogP contribution in [-0.4, -0.2) is 22.3 Å². The molecule has 0 radical (unpaired) electrons. The molecule has 0 bridgehead atoms. The molecule has 2 heterocycles. The molecule has 0 saturated heterocycles. The molecule has 19 heavy (non-hydrogen) atoms. The molecule has 0 fully saturated rings. The first-order valence-electron chi connectivity index (χ1n) is 6.24. The Labute approximate surface area is 115 Å². The second-order valence-corrected chi connectivity index (χ2v) is 5.83. The third-order valence-electron chi connectivity index (χ3n) is 3.41. The SMILES string of the molecule is Cc1ccccc1C(=O)N1CCc2nc(N)sc2C1. The molecular formula is C14H15N3OS. The number of aromatic nitrogens is 1. The maximum Gasteiger partial charge on any atom is 0.254 e. The zero-order chi connectivity index (χ0) is 13.4. The number of anilines is 1. The van der Waals surface area contributed by atoms with Crippen molar-refractivity contribution in [1.82, 2.24) is 9.88 Å². The van der Waals surface area contributed by atoms with Gasteiger partial charge in [-0.15, -0.1) is 11.3 Å². The van der Waals surface area contributed by atoms with Crippen molar-refractivity contribution in [2.24, 2.45) is 0 Å². The average Bonchev–Trinajstić information content (AvgIpc) is 2.77. The number of carbonyl (C=O) groups excluding carboxylic acids is 1. The van der Waals surface area contributed by atoms with Gasteiger partial charge in [-0.05, 0) is 18.6 Å². The van der Waals surface area contributed by atoms with Crippen LogP contribution in [0, 0.1) is 6.92 Å². The maximum atomic E-state index is 12.5. The molecule has 98 valence electrons. The van der Waals surface area contributed by atoms with E-state index in [9.17, 15) is 4.79 Å². The molecule has 1 aliphatic rings. The van der Waals surface area contributed by atoms with E-state index in [-0.39, 0.29) is 5.91 Å². The number of rotatable bonds is 1. The van der Waals surface area contributed by atoms with E-state index in [1.165, 1.54) is 11.3 Å². The van der Waals surface area contributed by atoms with E-state index < -0.39 is 0 Å². The molecule has 1 aromatic carbocycles. The van der Waals surface area contributed by atoms with Gasteiger partial charge in [-0.25, -0.2) is 4.98 Å². The summed E-state index contributed by atoms with van der Waals surface area (Å²) >= 11 is 1.48. The standard InChI is InChI=1S/C14H15N3OS/c1-9-4-2-3-5-10(9)13(18)17-7-6-11-12(8-17)19-14(15)16-11/h2-5H,6-8H2,1H3,(H2,15,16). The summed E-state index contributed by atoms with van der Waals surface area (Å²) in [6, 6.07) is 7.70. The van der Waals surface area contributed by atoms with Gasteiger partial charge in [0.1, 0.15) is 0 Å². The highest BCUT2D eigenvalue weighted by Crippen LogP contribution is 2.27. The number of hydrogen-bond donors (Lipinski definition) is 1. The van der Waals surface area contributed by atoms with Gasteiger partial charge in [0.25, 0.3) is 5.91 Å². The predicted octanol–water partition coefficient (Wildman–Crippen LogP) is 2.23. The lowest BCUT2D eigenvalue weighted by Gasteiger charge is -2.26. The lowest BCUT2D eigenvalue weighted by Crippen LogP contribution is -2.35. The number of amides is 1. The van der Waals surface area contributed by atoms with Crippen LogP contribution < -0.4 is 5.73 Å². The molecule has 5 heteroatoms. The summed E-state index contributed by atoms with van der Waals surface area (Å²) in [4.78, 5) is 19.8. The van der Waals surface area contributed by atoms with Gasteiger partial charge in [-0.3, -0.25) is 4.79 Å². The van der Waals surface area contributed by atoms with Crippen LogP contribution in [0.4, 0.5) is 5.13 Å². The van der Waals surface area contributed by atoms with Crippen LogP contribution >= 0.6 is 11.3 Å². The van der Waals surface area contributed by atoms with E-state index in [0.717, 1.165) is 28.1 Å². The Bertz CT molecular complexity index is 635. The molecule has 0 saturated carbocycles. The van der Waals surface area contributed by atoms with Gasteiger partial charge in [0.05, 0.1) is 12.2 Å². The Morgan fingerprint density at radius 1 is 1.42 bits per heavy atom. The molecule has 0 spiro atoms. The lowest BCUT2D eigenvalue weighted by molar-refractivity contribution is 0.0735. The van der Waals surface area contributed by atoms with E-state index >= 15 is 0 Å². The minimum absolute atomic E-state index is 0.0933. The molecule has 0 atom stereocenters. The van der Waals surface area contributed by atoms with Crippen LogP contribution in [0.3, 0.4) is 0 Å². The summed E-state index contributed by atoms with van der Waals surface area (Å²) in [7, 11) is 0. The van der Waals surface area contributed by atoms with E-state index in [1.807, 2.05) is 36.1 Å². The van der Waals surface area contributed by atoms with E-state index in [2.05, 4.69) is 4.98 Å². The van der Waals surface area contributed by atoms with Gasteiger partial charge in [-0.1, -0.05) is 18.2 Å². The Morgan fingerprint density at radius 3 is 3.00 bits per heavy atom. The fourth-order valence-corrected chi connectivity index (χ4v) is 3.27. The van der Waals surface area contributed by atoms with Gasteiger partial charge in [0.15, 0.2) is 5.13 Å². The number of nitrogen functional groups attached to an aromatic ring is 1. The van der Waals surface area contributed by atoms with Crippen molar-refractivity contribution in [3.8, 4) is 0 Å². The van der Waals surface area contributed by atoms with Crippen LogP contribution in [-0.2, 0) is 13.0 Å². The second-order valence-electron chi connectivity index (χ2n) is 4.71. The van der Waals surface area contributed by atoms with Crippen molar-refractivity contribution in [1.29, 1.82) is 0 Å². The third-order valence-corrected chi connectivity index (χ3v) is 4.32. The van der Waals surface area contributed by atoms with Gasteiger partial charge in [0, 0.05) is 23.4 Å². The van der Waals surface area contributed by atoms with Crippen LogP contribution in [0.1, 0.15) is 26.5 Å². The number of carbonyl (C=O) groups is 1. The van der Waals surface area contributed by atoms with Crippen LogP contribution in [0.5, 0.6) is 0 Å². The summed E-state index contributed by atoms with van der Waals surface area (Å²) in [5.74, 6) is 0.0933. The van der Waals surface area contributed by atoms with Crippen LogP contribution in [0.15, 0.2) is 24.3 Å². The number of aryl methyl sites for hydroxylation is 1. The molecule has 1 aromatic heterocycles. The van der Waals surface area contributed by atoms with E-state index in [1.54, 1.807) is 0 Å². The monoisotopic (exact) mass is 273 g/mol. The molecule has 4 nitrogen and oxygen atoms in total. The topological polar surface area (TPSA) is 59.2 Å². The fourth-order valence-electron chi connectivity index (χ4n) is 2.37. The first-order chi connectivity index (χ1) is 9.15. The molecule has 1 amide bonds. The second kappa shape index (κ2) is 4.66. The van der Waals surface area contributed by atoms with Crippen molar-refractivity contribution in [3.05, 3.63) is 46.0 Å². The van der Waals surface area contributed by atoms with Crippen molar-refractivity contribution in [2.45, 2.75) is 19.9 Å². The highest BCUT2D eigenvalue weighted by Gasteiger charge is 2.25. The lowest BCUT2D eigenvalue weighted by atomic mass is 10.1. The summed E-state index contributed by atoms with van der Waals surface area (Å²) in [5.41, 5.74) is 8.57. The van der Waals surface area contributed by atoms with Crippen LogP contribution in [0.2, 0.25) is 0 Å². The highest BCUT2D eigenvalue weighted by atomic mass is 32.1. The summed E-state index contributed by atoms with van der Waals surface area (Å²) in [5, 5.41) is 0.593. The molecule has 0 unspecified atom stereocenters. The molecular weight excluding hydrogens is 258 g/mol. The fraction of sp³-hybridized carbons (Fsp3) is 0.286. The molecule has 2 N–H and O–H groups in total. The smallest absolute Gasteiger partial charge is 0.254 e. The van der Waals surface area contributed by atoms with Crippen molar-refractivity contribution in [3.63, 3.8) is 0 Å². The average molecular weight is 273 g/mol. The van der Waals surface area contributed by atoms with Gasteiger partial charge in [-0.2, -0.15) is 0 Å². The molecule has 2 aromatic rings. The minimum atomic E-state index is 0.0933. The van der Waals surface area contributed by atoms with E-state index in [0.29, 0.717) is 18.2 Å². The Kier molecular flexibility index (Phi) is 2.98. The first kappa shape index (κ1) is 12.2. The molecule has 1 aliphatic heterocycles. The number of nitrogens with zero attached hydrogens (tertiary/aromatic N) is 2. The maximum absolute atomic E-state index is 12.5. The van der Waals surface area contributed by atoms with Crippen LogP contribution in [0.25, 0.3) is 0 Å². The largest absolute Gasteiger partial charge is 0.375 e. The normalized spacial score (nSPS) is 14.3. The van der Waals surface area contributed by atoms with E-state index in [4.69, 9.17) is 5.73 Å². The predicted molar refractivity (Wildman–Crippen MR) is 76.1 cm³/mol. The Balaban J connectivity index is 1.85. The summed E-state index contributed by atoms with van der Waals surface area (Å²) in [6.45, 7) is 3.30. The molecule has 0 aliphatic carbocycles. The van der Waals surface area contributed by atoms with Crippen molar-refractivity contribution in [2.75, 3.05) is 12.3 Å². The zero-order valence-electron chi connectivity index (χ0n) is 10.7. The van der Waals surface area contributed by atoms with Gasteiger partial charge in [0.2, 0.25) is 0 Å². The Morgan fingerprint density at radius 2 is 2.21 bits per heavy atom. The van der Waals surface area contributed by atoms with Gasteiger partial charge < -0.3 is 10.6 Å². The van der Waals surface area contributed by atoms with Crippen molar-refractivity contribution >= 4 is 22.4 Å². The van der Waals surface area contributed by atoms with Crippen molar-refractivity contribution < 1.29 is 4.79 Å². The number of thiazole rings is 1. The third kappa shape index (κ3) is 2.21. The summed E-state index contributed by atoms with van der Waals surface area (Å²) < 4.78 is 0. The number of hydrogen-bond acceptors (Lipinski definition) is 4. The number of benzene rings is 1. The van der Waals surface area contributed by atoms with Gasteiger partial charge >= 0.3 is 0 Å². The quantitative estimate of drug-likeness (QED) is 0.866.